The van der Waals surface area contributed by atoms with E-state index in [-0.39, 0.29) is 23.2 Å². The van der Waals surface area contributed by atoms with E-state index in [1.165, 1.54) is 24.3 Å². The summed E-state index contributed by atoms with van der Waals surface area (Å²) in [6.45, 7) is 9.93. The van der Waals surface area contributed by atoms with Crippen LogP contribution in [-0.2, 0) is 19.9 Å². The first kappa shape index (κ1) is 37.9. The van der Waals surface area contributed by atoms with Gasteiger partial charge in [0.25, 0.3) is 0 Å². The molecule has 2 aliphatic heterocycles. The van der Waals surface area contributed by atoms with E-state index >= 15 is 13.2 Å². The van der Waals surface area contributed by atoms with E-state index in [1.54, 1.807) is 4.90 Å². The third-order valence-electron chi connectivity index (χ3n) is 7.99. The molecule has 2 aromatic carbocycles. The quantitative estimate of drug-likeness (QED) is 0.264. The number of rotatable bonds is 6. The lowest BCUT2D eigenvalue weighted by molar-refractivity contribution is -0.185. The van der Waals surface area contributed by atoms with Crippen LogP contribution in [0.5, 0.6) is 0 Å². The van der Waals surface area contributed by atoms with Crippen molar-refractivity contribution in [1.29, 1.82) is 0 Å². The average Bonchev–Trinajstić information content (AvgIpc) is 3.04. The molecule has 0 radical (unpaired) electrons. The zero-order valence-corrected chi connectivity index (χ0v) is 28.9. The number of alkyl halides is 4. The van der Waals surface area contributed by atoms with E-state index in [2.05, 4.69) is 27.4 Å². The summed E-state index contributed by atoms with van der Waals surface area (Å²) in [4.78, 5) is 41.1. The summed E-state index contributed by atoms with van der Waals surface area (Å²) in [6, 6.07) is 9.97. The number of halogens is 4. The molecule has 4 rings (SSSR count). The van der Waals surface area contributed by atoms with Crippen LogP contribution in [0.3, 0.4) is 0 Å². The van der Waals surface area contributed by atoms with E-state index in [1.807, 2.05) is 45.0 Å². The lowest BCUT2D eigenvalue weighted by atomic mass is 9.86. The molecule has 49 heavy (non-hydrogen) atoms. The maximum absolute atomic E-state index is 15.1. The molecule has 0 aromatic heterocycles. The first-order valence-corrected chi connectivity index (χ1v) is 17.0. The minimum atomic E-state index is -5.05. The fraction of sp³-hybridized carbons (Fsp3) is 0.514. The van der Waals surface area contributed by atoms with Crippen LogP contribution in [0.1, 0.15) is 46.6 Å². The summed E-state index contributed by atoms with van der Waals surface area (Å²) in [5.41, 5.74) is -3.71. The third kappa shape index (κ3) is 9.82. The minimum Gasteiger partial charge on any atom is -0.480 e. The van der Waals surface area contributed by atoms with Crippen molar-refractivity contribution in [3.8, 4) is 23.0 Å². The zero-order chi connectivity index (χ0) is 36.2. The summed E-state index contributed by atoms with van der Waals surface area (Å²) >= 11 is 0.970. The van der Waals surface area contributed by atoms with Gasteiger partial charge < -0.3 is 25.0 Å². The van der Waals surface area contributed by atoms with Gasteiger partial charge in [-0.25, -0.2) is 14.0 Å². The van der Waals surface area contributed by atoms with Gasteiger partial charge in [0.15, 0.2) is 0 Å². The molecule has 1 saturated heterocycles. The zero-order valence-electron chi connectivity index (χ0n) is 28.1. The first-order valence-electron chi connectivity index (χ1n) is 15.9. The molecule has 2 aromatic rings. The number of ether oxygens (including phenoxy) is 1. The molecule has 2 amide bonds. The van der Waals surface area contributed by atoms with E-state index in [4.69, 9.17) is 4.74 Å². The van der Waals surface area contributed by atoms with Gasteiger partial charge in [0.1, 0.15) is 17.3 Å². The molecule has 3 atom stereocenters. The monoisotopic (exact) mass is 706 g/mol. The Morgan fingerprint density at radius 3 is 2.04 bits per heavy atom. The van der Waals surface area contributed by atoms with Crippen molar-refractivity contribution in [3.05, 3.63) is 54.1 Å². The average molecular weight is 707 g/mol. The molecule has 14 heteroatoms. The van der Waals surface area contributed by atoms with Crippen LogP contribution in [-0.4, -0.2) is 95.2 Å². The number of thioether (sulfide) groups is 1. The fourth-order valence-corrected chi connectivity index (χ4v) is 6.31. The number of piperazine rings is 1. The van der Waals surface area contributed by atoms with Crippen molar-refractivity contribution in [2.75, 3.05) is 42.6 Å². The molecular weight excluding hydrogens is 664 g/mol. The molecule has 0 aliphatic carbocycles. The molecule has 1 fully saturated rings. The maximum atomic E-state index is 15.1. The Hall–Kier alpha value is -3.96. The van der Waals surface area contributed by atoms with Gasteiger partial charge in [0.05, 0.1) is 11.8 Å². The van der Waals surface area contributed by atoms with Crippen LogP contribution in [0.2, 0.25) is 0 Å². The Balaban J connectivity index is 1.58. The summed E-state index contributed by atoms with van der Waals surface area (Å²) < 4.78 is 65.7. The first-order chi connectivity index (χ1) is 22.8. The number of aliphatic carboxylic acids is 1. The van der Waals surface area contributed by atoms with Crippen LogP contribution in [0, 0.1) is 11.8 Å². The number of nitrogens with one attached hydrogen (secondary N) is 2. The normalized spacial score (nSPS) is 22.7. The van der Waals surface area contributed by atoms with Gasteiger partial charge in [-0.3, -0.25) is 10.1 Å². The Bertz CT molecular complexity index is 1550. The number of hydrogen-bond donors (Lipinski definition) is 3. The number of hydrogen-bond acceptors (Lipinski definition) is 7. The van der Waals surface area contributed by atoms with Crippen LogP contribution in [0.4, 0.5) is 28.0 Å². The van der Waals surface area contributed by atoms with Gasteiger partial charge in [-0.2, -0.15) is 13.2 Å². The Morgan fingerprint density at radius 1 is 0.959 bits per heavy atom. The largest absolute Gasteiger partial charge is 0.480 e. The van der Waals surface area contributed by atoms with Crippen molar-refractivity contribution in [3.63, 3.8) is 0 Å². The van der Waals surface area contributed by atoms with Crippen molar-refractivity contribution < 1.29 is 41.8 Å². The van der Waals surface area contributed by atoms with Gasteiger partial charge in [0, 0.05) is 44.0 Å². The smallest absolute Gasteiger partial charge is 0.422 e. The van der Waals surface area contributed by atoms with Crippen molar-refractivity contribution in [1.82, 2.24) is 15.5 Å². The van der Waals surface area contributed by atoms with Gasteiger partial charge in [-0.15, -0.1) is 11.8 Å². The second-order valence-corrected chi connectivity index (χ2v) is 14.7. The molecular formula is C35H42F4N4O5S. The van der Waals surface area contributed by atoms with Gasteiger partial charge in [-0.1, -0.05) is 48.2 Å². The molecule has 266 valence electrons. The summed E-state index contributed by atoms with van der Waals surface area (Å²) in [7, 11) is 0. The number of carbonyl (C=O) groups excluding carboxylic acids is 2. The molecule has 3 N–H and O–H groups in total. The van der Waals surface area contributed by atoms with Gasteiger partial charge >= 0.3 is 18.2 Å². The molecule has 2 aliphatic rings. The second-order valence-electron chi connectivity index (χ2n) is 13.7. The number of anilines is 1. The highest BCUT2D eigenvalue weighted by Crippen LogP contribution is 2.41. The van der Waals surface area contributed by atoms with Crippen LogP contribution < -0.4 is 15.5 Å². The molecule has 0 unspecified atom stereocenters. The Kier molecular flexibility index (Phi) is 11.5. The van der Waals surface area contributed by atoms with Crippen LogP contribution in [0.15, 0.2) is 48.5 Å². The van der Waals surface area contributed by atoms with E-state index in [0.29, 0.717) is 31.7 Å². The van der Waals surface area contributed by atoms with Crippen LogP contribution >= 0.6 is 11.8 Å². The highest BCUT2D eigenvalue weighted by Gasteiger charge is 2.57. The fourth-order valence-electron chi connectivity index (χ4n) is 5.56. The lowest BCUT2D eigenvalue weighted by Crippen LogP contribution is -2.62. The topological polar surface area (TPSA) is 111 Å². The lowest BCUT2D eigenvalue weighted by Gasteiger charge is -2.37. The van der Waals surface area contributed by atoms with E-state index in [0.717, 1.165) is 36.9 Å². The summed E-state index contributed by atoms with van der Waals surface area (Å²) in [5, 5.41) is 14.1. The van der Waals surface area contributed by atoms with E-state index in [9.17, 15) is 23.9 Å². The number of carboxylic acid groups (broad SMARTS) is 1. The van der Waals surface area contributed by atoms with Crippen molar-refractivity contribution in [2.24, 2.45) is 0 Å². The predicted molar refractivity (Wildman–Crippen MR) is 181 cm³/mol. The highest BCUT2D eigenvalue weighted by molar-refractivity contribution is 7.99. The second kappa shape index (κ2) is 14.9. The molecule has 0 saturated carbocycles. The predicted octanol–water partition coefficient (Wildman–Crippen LogP) is 5.58. The molecule has 0 bridgehead atoms. The summed E-state index contributed by atoms with van der Waals surface area (Å²) in [5.74, 6) is 2.12. The maximum Gasteiger partial charge on any atom is 0.422 e. The van der Waals surface area contributed by atoms with Crippen LogP contribution in [0.25, 0.3) is 11.1 Å². The third-order valence-corrected chi connectivity index (χ3v) is 8.90. The Morgan fingerprint density at radius 2 is 1.53 bits per heavy atom. The highest BCUT2D eigenvalue weighted by atomic mass is 32.2. The van der Waals surface area contributed by atoms with Gasteiger partial charge in [-0.05, 0) is 63.4 Å². The number of benzene rings is 2. The SMILES string of the molecule is CC(C)(F)C[C@@H]1N[C@@](c2ccc(-c3ccc(N4CCN(C(=O)OC(C)(C)C)CC4)cc3)cc2)(C(F)(F)F)C#CCSC[C@@H](C(=O)O)NC1=O. The minimum absolute atomic E-state index is 0.126. The summed E-state index contributed by atoms with van der Waals surface area (Å²) in [6.07, 6.45) is -6.07. The standard InChI is InChI=1S/C35H42F4N4O5S/c1-32(2,3)48-31(47)43-18-16-42(17-19-43)26-13-9-24(10-14-26)23-7-11-25(12-8-23)34(35(37,38)39)15-6-20-49-22-28(30(45)46)40-29(44)27(41-34)21-33(4,5)36/h7-14,27-28,41H,16-22H2,1-5H3,(H,40,44)(H,45,46)/t27-,28-,34-/m0/s1. The molecule has 9 nitrogen and oxygen atoms in total. The van der Waals surface area contributed by atoms with Crippen molar-refractivity contribution >= 4 is 35.4 Å². The molecule has 2 heterocycles. The number of amides is 2. The number of nitrogens with zero attached hydrogens (tertiary/aromatic N) is 2. The molecule has 0 spiro atoms. The number of carboxylic acids is 1. The van der Waals surface area contributed by atoms with Crippen molar-refractivity contribution in [2.45, 2.75) is 76.1 Å². The number of carbonyl (C=O) groups is 3. The Labute approximate surface area is 288 Å². The van der Waals surface area contributed by atoms with Gasteiger partial charge in [0.2, 0.25) is 11.4 Å². The van der Waals surface area contributed by atoms with E-state index < -0.39 is 53.4 Å².